The van der Waals surface area contributed by atoms with Crippen molar-refractivity contribution in [3.63, 3.8) is 0 Å². The maximum Gasteiger partial charge on any atom is 0.349 e. The lowest BCUT2D eigenvalue weighted by molar-refractivity contribution is -0.183. The van der Waals surface area contributed by atoms with Gasteiger partial charge in [-0.1, -0.05) is 41.5 Å². The van der Waals surface area contributed by atoms with Gasteiger partial charge in [0.25, 0.3) is 11.5 Å². The molecular weight excluding hydrogens is 1240 g/mol. The van der Waals surface area contributed by atoms with Crippen molar-refractivity contribution in [1.29, 1.82) is 0 Å². The van der Waals surface area contributed by atoms with Crippen LogP contribution in [0.5, 0.6) is 28.7 Å². The molecular formula is C62H72N8O20S2. The van der Waals surface area contributed by atoms with Crippen LogP contribution in [0.25, 0.3) is 22.6 Å². The fourth-order valence-corrected chi connectivity index (χ4v) is 12.4. The predicted octanol–water partition coefficient (Wildman–Crippen LogP) is 5.10. The zero-order chi connectivity index (χ0) is 67.6. The largest absolute Gasteiger partial charge is 0.508 e. The number of aromatic hydroxyl groups is 5. The number of nitrogens with zero attached hydrogens (tertiary/aromatic N) is 5. The number of phenolic OH excluding ortho intramolecular Hbond substituents is 5. The molecule has 1 aromatic heterocycles. The van der Waals surface area contributed by atoms with E-state index < -0.39 is 101 Å². The Balaban J connectivity index is 0.000000231. The number of aromatic amines is 1. The molecule has 28 nitrogen and oxygen atoms in total. The zero-order valence-electron chi connectivity index (χ0n) is 50.5. The number of ether oxygens (including phenoxy) is 3. The van der Waals surface area contributed by atoms with E-state index in [1.54, 1.807) is 43.8 Å². The first-order chi connectivity index (χ1) is 43.5. The number of β-amino-alcohol motifs (C(OH)–C–C–N with tert-alkyl or cyclic N) is 1. The van der Waals surface area contributed by atoms with E-state index in [0.29, 0.717) is 33.6 Å². The Bertz CT molecular complexity index is 3590. The number of aryl methyl sites for hydroxylation is 1. The van der Waals surface area contributed by atoms with Crippen LogP contribution in [-0.2, 0) is 38.2 Å². The van der Waals surface area contributed by atoms with Gasteiger partial charge in [0.1, 0.15) is 12.0 Å². The van der Waals surface area contributed by atoms with E-state index in [-0.39, 0.29) is 59.8 Å². The molecule has 492 valence electrons. The summed E-state index contributed by atoms with van der Waals surface area (Å²) in [5, 5.41) is 96.9. The number of amides is 2. The average Bonchev–Trinajstić information content (AvgIpc) is 1.61. The number of phenols is 5. The summed E-state index contributed by atoms with van der Waals surface area (Å²) in [4.78, 5) is 105. The molecule has 92 heavy (non-hydrogen) atoms. The van der Waals surface area contributed by atoms with Crippen molar-refractivity contribution >= 4 is 71.4 Å². The number of aliphatic carboxylic acids is 2. The molecule has 3 aliphatic heterocycles. The molecule has 0 saturated carbocycles. The number of H-pyrrole nitrogens is 1. The molecule has 12 N–H and O–H groups in total. The van der Waals surface area contributed by atoms with Gasteiger partial charge >= 0.3 is 29.6 Å². The van der Waals surface area contributed by atoms with E-state index in [2.05, 4.69) is 40.0 Å². The van der Waals surface area contributed by atoms with Gasteiger partial charge in [-0.15, -0.1) is 11.8 Å². The number of carboxylic acids is 2. The van der Waals surface area contributed by atoms with Crippen LogP contribution >= 0.6 is 23.5 Å². The minimum atomic E-state index is -2.40. The molecule has 3 fully saturated rings. The molecule has 4 heterocycles. The van der Waals surface area contributed by atoms with Gasteiger partial charge in [-0.25, -0.2) is 24.0 Å². The Labute approximate surface area is 534 Å². The first kappa shape index (κ1) is 71.8. The molecule has 2 amide bonds. The second-order valence-electron chi connectivity index (χ2n) is 22.5. The quantitative estimate of drug-likeness (QED) is 0.00865. The molecule has 0 radical (unpaired) electrons. The number of benzene rings is 4. The highest BCUT2D eigenvalue weighted by Gasteiger charge is 2.44. The third kappa shape index (κ3) is 20.6. The smallest absolute Gasteiger partial charge is 0.349 e. The average molecular weight is 1310 g/mol. The Hall–Kier alpha value is -9.29. The van der Waals surface area contributed by atoms with Gasteiger partial charge in [-0.05, 0) is 136 Å². The number of nitrogens with one attached hydrogen (secondary N) is 3. The van der Waals surface area contributed by atoms with Crippen LogP contribution < -0.4 is 21.9 Å². The number of azide groups is 1. The van der Waals surface area contributed by atoms with Gasteiger partial charge in [-0.2, -0.15) is 11.8 Å². The highest BCUT2D eigenvalue weighted by atomic mass is 32.2. The van der Waals surface area contributed by atoms with Crippen molar-refractivity contribution in [1.82, 2.24) is 25.1 Å². The molecule has 0 unspecified atom stereocenters. The normalized spacial score (nSPS) is 19.9. The molecule has 30 heteroatoms. The molecule has 3 saturated heterocycles. The molecule has 0 bridgehead atoms. The third-order valence-electron chi connectivity index (χ3n) is 14.5. The summed E-state index contributed by atoms with van der Waals surface area (Å²) >= 11 is 3.53. The first-order valence-corrected chi connectivity index (χ1v) is 30.6. The van der Waals surface area contributed by atoms with Crippen LogP contribution in [0.2, 0.25) is 0 Å². The topological polar surface area (TPSA) is 443 Å². The van der Waals surface area contributed by atoms with Gasteiger partial charge < -0.3 is 70.8 Å². The number of aliphatic hydroxyl groups excluding tert-OH is 2. The molecule has 0 spiro atoms. The lowest BCUT2D eigenvalue weighted by Crippen LogP contribution is -2.60. The molecule has 8 rings (SSSR count). The van der Waals surface area contributed by atoms with Gasteiger partial charge in [0.15, 0.2) is 23.0 Å². The number of esters is 2. The summed E-state index contributed by atoms with van der Waals surface area (Å²) in [5.41, 5.74) is 8.74. The summed E-state index contributed by atoms with van der Waals surface area (Å²) in [5.74, 6) is -6.39. The summed E-state index contributed by atoms with van der Waals surface area (Å²) in [6, 6.07) is 20.4. The van der Waals surface area contributed by atoms with E-state index in [9.17, 15) is 79.2 Å². The zero-order valence-corrected chi connectivity index (χ0v) is 52.1. The minimum absolute atomic E-state index is 0.00437. The monoisotopic (exact) mass is 1310 g/mol. The standard InChI is InChI=1S/C30H41N3O4S2.C22H18O12.C10H13N5O4/c1-19-22(11-8-12-25(19)34)28(36)31-23(18-39-21-9-6-5-7-10-21)26(35)17-33-16-20-13-14-38-27(20)15-24(33)29(37)32-30(2,3)4;23-13-5-1-11(9-15(13)25)3-7-17(27)33-19(21(29)30)20(22(31)32)34-18(28)8-4-12-2-6-14(24)16(26)10-12;1-5-3-15(10(18)12-9(5)17)8-2-6(13-14-11)7(4-16)19-8/h5-12,20,23-24,26-27,34-35H,13-18H2,1-4H3,(H,31,36)(H,32,37);1-10,19-20,23-26H,(H,29,30)(H,31,32);3,6-8,16H,2,4H2,1H3,(H,12,17,18)/b;7-3+,8-4+;/t20-,23+,24+,26-,27+;19-,20-;6-,7+,8+/m110/s1. The maximum absolute atomic E-state index is 13.4. The van der Waals surface area contributed by atoms with Crippen LogP contribution in [0.3, 0.4) is 0 Å². The molecule has 4 aromatic carbocycles. The van der Waals surface area contributed by atoms with E-state index in [1.807, 2.05) is 62.9 Å². The number of piperidine rings is 1. The van der Waals surface area contributed by atoms with Gasteiger partial charge in [0.05, 0.1) is 36.9 Å². The molecule has 5 aromatic rings. The Morgan fingerprint density at radius 2 is 1.43 bits per heavy atom. The van der Waals surface area contributed by atoms with Crippen molar-refractivity contribution in [2.24, 2.45) is 11.0 Å². The minimum Gasteiger partial charge on any atom is -0.508 e. The first-order valence-electron chi connectivity index (χ1n) is 28.6. The summed E-state index contributed by atoms with van der Waals surface area (Å²) in [6.45, 7) is 9.96. The second kappa shape index (κ2) is 33.2. The van der Waals surface area contributed by atoms with E-state index in [0.717, 1.165) is 78.6 Å². The SMILES string of the molecule is Cc1c(O)cccc1C(=O)N[C@@H](CSc1ccccc1)[C@H](O)CN1C[C@H]2CCS[C@H]2C[C@H]1C(=O)NC(C)(C)C.Cc1cn([C@H]2C[C@H](N=[N+]=[N-])[C@@H](CO)O2)c(=O)[nH]c1=O.O=C(/C=C/c1ccc(O)c(O)c1)O[C@@H](C(=O)O)[C@@H](OC(=O)/C=C/c1ccc(O)c(O)c1)C(=O)O. The van der Waals surface area contributed by atoms with Crippen molar-refractivity contribution in [2.45, 2.75) is 118 Å². The summed E-state index contributed by atoms with van der Waals surface area (Å²) in [7, 11) is 0. The Morgan fingerprint density at radius 1 is 0.837 bits per heavy atom. The fourth-order valence-electron chi connectivity index (χ4n) is 9.79. The van der Waals surface area contributed by atoms with E-state index >= 15 is 0 Å². The Kier molecular flexibility index (Phi) is 25.9. The summed E-state index contributed by atoms with van der Waals surface area (Å²) < 4.78 is 15.9. The predicted molar refractivity (Wildman–Crippen MR) is 337 cm³/mol. The van der Waals surface area contributed by atoms with Crippen LogP contribution in [-0.4, -0.2) is 181 Å². The van der Waals surface area contributed by atoms with Gasteiger partial charge in [0, 0.05) is 80.9 Å². The van der Waals surface area contributed by atoms with Crippen LogP contribution in [0.15, 0.2) is 123 Å². The highest BCUT2D eigenvalue weighted by molar-refractivity contribution is 8.00. The third-order valence-corrected chi connectivity index (χ3v) is 17.2. The number of carbonyl (C=O) groups is 6. The number of aliphatic hydroxyl groups is 2. The number of hydrogen-bond donors (Lipinski definition) is 12. The molecule has 0 aliphatic carbocycles. The lowest BCUT2D eigenvalue weighted by Gasteiger charge is -2.43. The maximum atomic E-state index is 13.4. The van der Waals surface area contributed by atoms with E-state index in [1.165, 1.54) is 22.9 Å². The second-order valence-corrected chi connectivity index (χ2v) is 24.9. The lowest BCUT2D eigenvalue weighted by atomic mass is 9.89. The van der Waals surface area contributed by atoms with Crippen LogP contribution in [0.4, 0.5) is 0 Å². The van der Waals surface area contributed by atoms with Crippen molar-refractivity contribution in [3.8, 4) is 28.7 Å². The van der Waals surface area contributed by atoms with Crippen LogP contribution in [0.1, 0.15) is 78.9 Å². The number of carbonyl (C=O) groups excluding carboxylic acids is 4. The van der Waals surface area contributed by atoms with Crippen molar-refractivity contribution in [2.75, 3.05) is 31.2 Å². The Morgan fingerprint density at radius 3 is 1.98 bits per heavy atom. The number of hydrogen-bond acceptors (Lipinski definition) is 22. The van der Waals surface area contributed by atoms with Gasteiger partial charge in [-0.3, -0.25) is 28.8 Å². The number of rotatable bonds is 21. The molecule has 3 aliphatic rings. The number of fused-ring (bicyclic) bond motifs is 1. The number of aromatic nitrogens is 2. The summed E-state index contributed by atoms with van der Waals surface area (Å²) in [6.07, 6.45) is 0.179. The van der Waals surface area contributed by atoms with Crippen LogP contribution in [0, 0.1) is 19.8 Å². The number of carboxylic acid groups (broad SMARTS) is 2. The van der Waals surface area contributed by atoms with Crippen molar-refractivity contribution in [3.05, 3.63) is 162 Å². The van der Waals surface area contributed by atoms with Gasteiger partial charge in [0.2, 0.25) is 18.1 Å². The molecule has 10 atom stereocenters. The number of thioether (sulfide) groups is 2. The highest BCUT2D eigenvalue weighted by Crippen LogP contribution is 2.41. The van der Waals surface area contributed by atoms with Crippen molar-refractivity contribution < 1.29 is 88.9 Å². The van der Waals surface area contributed by atoms with E-state index in [4.69, 9.17) is 15.4 Å². The fraction of sp³-hybridized carbons (Fsp3) is 0.387. The number of likely N-dealkylation sites (tertiary alicyclic amines) is 1.